The molecule has 5 nitrogen and oxygen atoms in total. The lowest BCUT2D eigenvalue weighted by atomic mass is 10.4. The number of carbonyl (C=O) groups is 1. The zero-order chi connectivity index (χ0) is 9.14. The topological polar surface area (TPSA) is 75.3 Å². The molecule has 1 aromatic rings. The normalized spacial score (nSPS) is 10.2. The van der Waals surface area contributed by atoms with Crippen LogP contribution in [0.2, 0.25) is 0 Å². The maximum atomic E-state index is 10.5. The number of carboxylic acid groups (broad SMARTS) is 1. The van der Waals surface area contributed by atoms with Gasteiger partial charge >= 0.3 is 5.97 Å². The molecule has 0 fully saturated rings. The van der Waals surface area contributed by atoms with Crippen LogP contribution in [0.25, 0.3) is 0 Å². The summed E-state index contributed by atoms with van der Waals surface area (Å²) in [6.07, 6.45) is 1.24. The molecule has 0 aliphatic heterocycles. The molecule has 0 aliphatic rings. The Balaban J connectivity index is 2.96. The maximum absolute atomic E-state index is 10.5. The average Bonchev–Trinajstić information content (AvgIpc) is 2.34. The van der Waals surface area contributed by atoms with Crippen LogP contribution < -0.4 is 0 Å². The fraction of sp³-hybridized carbons (Fsp3) is 0.333. The van der Waals surface area contributed by atoms with Crippen LogP contribution in [0.4, 0.5) is 0 Å². The van der Waals surface area contributed by atoms with E-state index in [-0.39, 0.29) is 18.7 Å². The van der Waals surface area contributed by atoms with Crippen molar-refractivity contribution >= 4 is 21.9 Å². The van der Waals surface area contributed by atoms with E-state index >= 15 is 0 Å². The van der Waals surface area contributed by atoms with Crippen molar-refractivity contribution in [2.24, 2.45) is 0 Å². The van der Waals surface area contributed by atoms with Crippen molar-refractivity contribution in [1.29, 1.82) is 0 Å². The third kappa shape index (κ3) is 1.64. The van der Waals surface area contributed by atoms with Gasteiger partial charge in [0.05, 0.1) is 19.3 Å². The quantitative estimate of drug-likeness (QED) is 0.791. The molecule has 0 aliphatic carbocycles. The average molecular weight is 235 g/mol. The Bertz CT molecular complexity index is 297. The molecule has 0 unspecified atom stereocenters. The van der Waals surface area contributed by atoms with E-state index in [1.54, 1.807) is 0 Å². The summed E-state index contributed by atoms with van der Waals surface area (Å²) in [6, 6.07) is 0. The van der Waals surface area contributed by atoms with Crippen LogP contribution in [0.5, 0.6) is 0 Å². The highest BCUT2D eigenvalue weighted by atomic mass is 79.9. The second-order valence-electron chi connectivity index (χ2n) is 2.10. The first kappa shape index (κ1) is 9.21. The summed E-state index contributed by atoms with van der Waals surface area (Å²) in [5.41, 5.74) is 0.100. The number of rotatable bonds is 3. The zero-order valence-corrected chi connectivity index (χ0v) is 7.65. The Morgan fingerprint density at radius 1 is 1.75 bits per heavy atom. The fourth-order valence-corrected chi connectivity index (χ4v) is 1.31. The summed E-state index contributed by atoms with van der Waals surface area (Å²) < 4.78 is 1.76. The van der Waals surface area contributed by atoms with E-state index in [9.17, 15) is 4.79 Å². The first-order valence-corrected chi connectivity index (χ1v) is 4.01. The van der Waals surface area contributed by atoms with Crippen molar-refractivity contribution in [1.82, 2.24) is 9.78 Å². The van der Waals surface area contributed by atoms with Gasteiger partial charge in [0.15, 0.2) is 0 Å². The summed E-state index contributed by atoms with van der Waals surface area (Å²) in [4.78, 5) is 10.5. The van der Waals surface area contributed by atoms with Crippen molar-refractivity contribution in [3.05, 3.63) is 16.4 Å². The summed E-state index contributed by atoms with van der Waals surface area (Å²) >= 11 is 3.06. The van der Waals surface area contributed by atoms with Crippen molar-refractivity contribution < 1.29 is 15.0 Å². The molecule has 66 valence electrons. The van der Waals surface area contributed by atoms with Gasteiger partial charge < -0.3 is 10.2 Å². The predicted molar refractivity (Wildman–Crippen MR) is 44.0 cm³/mol. The third-order valence-electron chi connectivity index (χ3n) is 1.32. The lowest BCUT2D eigenvalue weighted by Gasteiger charge is -1.98. The molecule has 0 radical (unpaired) electrons. The standard InChI is InChI=1S/C6H7BrN2O3/c7-5-4(6(11)12)3-8-9(5)1-2-10/h3,10H,1-2H2,(H,11,12). The molecule has 6 heteroatoms. The summed E-state index contributed by atoms with van der Waals surface area (Å²) in [5.74, 6) is -1.04. The number of aromatic nitrogens is 2. The van der Waals surface area contributed by atoms with E-state index in [0.29, 0.717) is 4.60 Å². The van der Waals surface area contributed by atoms with Crippen LogP contribution >= 0.6 is 15.9 Å². The van der Waals surface area contributed by atoms with E-state index in [1.807, 2.05) is 0 Å². The molecule has 0 atom stereocenters. The number of hydrogen-bond donors (Lipinski definition) is 2. The van der Waals surface area contributed by atoms with Gasteiger partial charge in [0, 0.05) is 0 Å². The Morgan fingerprint density at radius 2 is 2.42 bits per heavy atom. The number of carboxylic acids is 1. The Hall–Kier alpha value is -0.880. The number of aromatic carboxylic acids is 1. The number of hydrogen-bond acceptors (Lipinski definition) is 3. The molecule has 1 heterocycles. The van der Waals surface area contributed by atoms with Gasteiger partial charge in [-0.1, -0.05) is 0 Å². The van der Waals surface area contributed by atoms with Gasteiger partial charge in [-0.25, -0.2) is 4.79 Å². The molecule has 0 saturated carbocycles. The largest absolute Gasteiger partial charge is 0.478 e. The van der Waals surface area contributed by atoms with Crippen molar-refractivity contribution in [2.45, 2.75) is 6.54 Å². The van der Waals surface area contributed by atoms with Gasteiger partial charge in [-0.05, 0) is 15.9 Å². The Morgan fingerprint density at radius 3 is 2.83 bits per heavy atom. The van der Waals surface area contributed by atoms with Crippen LogP contribution in [0, 0.1) is 0 Å². The highest BCUT2D eigenvalue weighted by Crippen LogP contribution is 2.15. The smallest absolute Gasteiger partial charge is 0.340 e. The minimum absolute atomic E-state index is 0.0701. The molecule has 0 bridgehead atoms. The second kappa shape index (κ2) is 3.68. The summed E-state index contributed by atoms with van der Waals surface area (Å²) in [6.45, 7) is 0.215. The molecular formula is C6H7BrN2O3. The number of halogens is 1. The van der Waals surface area contributed by atoms with E-state index in [0.717, 1.165) is 0 Å². The monoisotopic (exact) mass is 234 g/mol. The number of aliphatic hydroxyl groups is 1. The van der Waals surface area contributed by atoms with Crippen molar-refractivity contribution in [2.75, 3.05) is 6.61 Å². The van der Waals surface area contributed by atoms with E-state index in [1.165, 1.54) is 10.9 Å². The second-order valence-corrected chi connectivity index (χ2v) is 2.85. The highest BCUT2D eigenvalue weighted by molar-refractivity contribution is 9.10. The molecule has 0 saturated heterocycles. The summed E-state index contributed by atoms with van der Waals surface area (Å²) in [5, 5.41) is 20.9. The fourth-order valence-electron chi connectivity index (χ4n) is 0.764. The maximum Gasteiger partial charge on any atom is 0.340 e. The van der Waals surface area contributed by atoms with Crippen LogP contribution in [-0.2, 0) is 6.54 Å². The molecule has 0 aromatic carbocycles. The van der Waals surface area contributed by atoms with E-state index in [4.69, 9.17) is 10.2 Å². The molecule has 0 amide bonds. The van der Waals surface area contributed by atoms with Crippen LogP contribution in [0.3, 0.4) is 0 Å². The SMILES string of the molecule is O=C(O)c1cnn(CCO)c1Br. The van der Waals surface area contributed by atoms with Crippen LogP contribution in [-0.4, -0.2) is 32.6 Å². The number of nitrogens with zero attached hydrogens (tertiary/aromatic N) is 2. The predicted octanol–water partition coefficient (Wildman–Crippen LogP) is 0.336. The van der Waals surface area contributed by atoms with Gasteiger partial charge in [-0.15, -0.1) is 0 Å². The lowest BCUT2D eigenvalue weighted by Crippen LogP contribution is -2.04. The van der Waals surface area contributed by atoms with E-state index in [2.05, 4.69) is 21.0 Å². The van der Waals surface area contributed by atoms with Gasteiger partial charge in [0.25, 0.3) is 0 Å². The minimum atomic E-state index is -1.04. The van der Waals surface area contributed by atoms with E-state index < -0.39 is 5.97 Å². The molecular weight excluding hydrogens is 228 g/mol. The van der Waals surface area contributed by atoms with Crippen LogP contribution in [0.15, 0.2) is 10.8 Å². The van der Waals surface area contributed by atoms with Crippen LogP contribution in [0.1, 0.15) is 10.4 Å². The molecule has 0 spiro atoms. The van der Waals surface area contributed by atoms with Gasteiger partial charge in [0.2, 0.25) is 0 Å². The highest BCUT2D eigenvalue weighted by Gasteiger charge is 2.13. The molecule has 1 aromatic heterocycles. The van der Waals surface area contributed by atoms with Gasteiger partial charge in [0.1, 0.15) is 10.2 Å². The molecule has 1 rings (SSSR count). The zero-order valence-electron chi connectivity index (χ0n) is 6.07. The number of aliphatic hydroxyl groups excluding tert-OH is 1. The van der Waals surface area contributed by atoms with Gasteiger partial charge in [-0.3, -0.25) is 4.68 Å². The summed E-state index contributed by atoms with van der Waals surface area (Å²) in [7, 11) is 0. The van der Waals surface area contributed by atoms with Crippen molar-refractivity contribution in [3.8, 4) is 0 Å². The Kier molecular flexibility index (Phi) is 2.83. The van der Waals surface area contributed by atoms with Gasteiger partial charge in [-0.2, -0.15) is 5.10 Å². The Labute approximate surface area is 76.8 Å². The first-order valence-electron chi connectivity index (χ1n) is 3.22. The molecule has 12 heavy (non-hydrogen) atoms. The minimum Gasteiger partial charge on any atom is -0.478 e. The molecule has 2 N–H and O–H groups in total. The lowest BCUT2D eigenvalue weighted by molar-refractivity contribution is 0.0695. The third-order valence-corrected chi connectivity index (χ3v) is 2.15. The van der Waals surface area contributed by atoms with Crippen molar-refractivity contribution in [3.63, 3.8) is 0 Å². The first-order chi connectivity index (χ1) is 5.66.